The summed E-state index contributed by atoms with van der Waals surface area (Å²) in [6.07, 6.45) is 3.59. The van der Waals surface area contributed by atoms with E-state index in [9.17, 15) is 0 Å². The fourth-order valence-electron chi connectivity index (χ4n) is 2.67. The number of benzene rings is 1. The Labute approximate surface area is 114 Å². The molecule has 1 fully saturated rings. The lowest BCUT2D eigenvalue weighted by Gasteiger charge is -2.38. The SMILES string of the molecule is CC1CNC(c2ccccc2)CN1Cc1ccoc1. The molecule has 100 valence electrons. The quantitative estimate of drug-likeness (QED) is 0.915. The van der Waals surface area contributed by atoms with Crippen molar-refractivity contribution >= 4 is 0 Å². The second kappa shape index (κ2) is 5.59. The molecule has 2 unspecified atom stereocenters. The Hall–Kier alpha value is -1.58. The van der Waals surface area contributed by atoms with Crippen molar-refractivity contribution in [1.29, 1.82) is 0 Å². The summed E-state index contributed by atoms with van der Waals surface area (Å²) < 4.78 is 5.16. The van der Waals surface area contributed by atoms with Crippen LogP contribution in [-0.2, 0) is 6.54 Å². The van der Waals surface area contributed by atoms with E-state index >= 15 is 0 Å². The number of furan rings is 1. The predicted octanol–water partition coefficient (Wildman–Crippen LogP) is 2.81. The van der Waals surface area contributed by atoms with Crippen molar-refractivity contribution < 1.29 is 4.42 Å². The molecule has 3 nitrogen and oxygen atoms in total. The maximum absolute atomic E-state index is 5.16. The van der Waals surface area contributed by atoms with Crippen LogP contribution in [0.4, 0.5) is 0 Å². The van der Waals surface area contributed by atoms with Crippen LogP contribution >= 0.6 is 0 Å². The summed E-state index contributed by atoms with van der Waals surface area (Å²) in [6, 6.07) is 13.7. The lowest BCUT2D eigenvalue weighted by atomic mass is 10.0. The molecular formula is C16H20N2O. The van der Waals surface area contributed by atoms with Crippen LogP contribution in [0, 0.1) is 0 Å². The fourth-order valence-corrected chi connectivity index (χ4v) is 2.67. The molecule has 1 aliphatic heterocycles. The van der Waals surface area contributed by atoms with Crippen molar-refractivity contribution in [2.45, 2.75) is 25.6 Å². The molecule has 0 saturated carbocycles. The van der Waals surface area contributed by atoms with Crippen LogP contribution in [-0.4, -0.2) is 24.0 Å². The van der Waals surface area contributed by atoms with Gasteiger partial charge in [-0.2, -0.15) is 0 Å². The predicted molar refractivity (Wildman–Crippen MR) is 75.8 cm³/mol. The van der Waals surface area contributed by atoms with Crippen molar-refractivity contribution in [3.8, 4) is 0 Å². The zero-order chi connectivity index (χ0) is 13.1. The van der Waals surface area contributed by atoms with E-state index in [1.54, 1.807) is 6.26 Å². The van der Waals surface area contributed by atoms with E-state index in [-0.39, 0.29) is 0 Å². The van der Waals surface area contributed by atoms with Crippen LogP contribution in [0.3, 0.4) is 0 Å². The van der Waals surface area contributed by atoms with Gasteiger partial charge in [-0.25, -0.2) is 0 Å². The normalized spacial score (nSPS) is 24.5. The highest BCUT2D eigenvalue weighted by atomic mass is 16.3. The summed E-state index contributed by atoms with van der Waals surface area (Å²) in [5, 5.41) is 3.63. The van der Waals surface area contributed by atoms with Gasteiger partial charge in [0.2, 0.25) is 0 Å². The Morgan fingerprint density at radius 1 is 1.26 bits per heavy atom. The summed E-state index contributed by atoms with van der Waals surface area (Å²) >= 11 is 0. The highest BCUT2D eigenvalue weighted by molar-refractivity contribution is 5.20. The van der Waals surface area contributed by atoms with Crippen LogP contribution in [0.1, 0.15) is 24.1 Å². The van der Waals surface area contributed by atoms with Gasteiger partial charge >= 0.3 is 0 Å². The third-order valence-corrected chi connectivity index (χ3v) is 3.87. The molecule has 3 rings (SSSR count). The average Bonchev–Trinajstić information content (AvgIpc) is 2.95. The number of nitrogens with zero attached hydrogens (tertiary/aromatic N) is 1. The minimum Gasteiger partial charge on any atom is -0.472 e. The molecule has 2 heterocycles. The lowest BCUT2D eigenvalue weighted by molar-refractivity contribution is 0.133. The van der Waals surface area contributed by atoms with E-state index in [0.29, 0.717) is 12.1 Å². The third kappa shape index (κ3) is 2.88. The molecule has 1 aromatic heterocycles. The zero-order valence-corrected chi connectivity index (χ0v) is 11.3. The number of piperazine rings is 1. The van der Waals surface area contributed by atoms with Gasteiger partial charge in [-0.05, 0) is 18.6 Å². The first-order valence-electron chi connectivity index (χ1n) is 6.86. The molecule has 1 saturated heterocycles. The first-order valence-corrected chi connectivity index (χ1v) is 6.86. The second-order valence-corrected chi connectivity index (χ2v) is 5.28. The van der Waals surface area contributed by atoms with Gasteiger partial charge < -0.3 is 9.73 Å². The second-order valence-electron chi connectivity index (χ2n) is 5.28. The van der Waals surface area contributed by atoms with E-state index in [1.165, 1.54) is 11.1 Å². The molecular weight excluding hydrogens is 236 g/mol. The summed E-state index contributed by atoms with van der Waals surface area (Å²) in [5.41, 5.74) is 2.62. The van der Waals surface area contributed by atoms with Gasteiger partial charge in [-0.15, -0.1) is 0 Å². The molecule has 0 amide bonds. The van der Waals surface area contributed by atoms with Gasteiger partial charge in [0.05, 0.1) is 12.5 Å². The Kier molecular flexibility index (Phi) is 3.67. The van der Waals surface area contributed by atoms with Crippen molar-refractivity contribution in [3.05, 3.63) is 60.1 Å². The van der Waals surface area contributed by atoms with E-state index in [1.807, 2.05) is 12.3 Å². The molecule has 0 bridgehead atoms. The van der Waals surface area contributed by atoms with E-state index in [4.69, 9.17) is 4.42 Å². The van der Waals surface area contributed by atoms with E-state index in [2.05, 4.69) is 47.5 Å². The Morgan fingerprint density at radius 3 is 2.84 bits per heavy atom. The Balaban J connectivity index is 1.70. The highest BCUT2D eigenvalue weighted by Crippen LogP contribution is 2.21. The minimum absolute atomic E-state index is 0.421. The molecule has 1 aliphatic rings. The van der Waals surface area contributed by atoms with Gasteiger partial charge in [-0.3, -0.25) is 4.90 Å². The van der Waals surface area contributed by atoms with Crippen LogP contribution in [0.25, 0.3) is 0 Å². The molecule has 2 aromatic rings. The fraction of sp³-hybridized carbons (Fsp3) is 0.375. The molecule has 2 atom stereocenters. The molecule has 1 aromatic carbocycles. The van der Waals surface area contributed by atoms with Crippen LogP contribution < -0.4 is 5.32 Å². The number of nitrogens with one attached hydrogen (secondary N) is 1. The van der Waals surface area contributed by atoms with E-state index in [0.717, 1.165) is 19.6 Å². The van der Waals surface area contributed by atoms with Crippen LogP contribution in [0.5, 0.6) is 0 Å². The summed E-state index contributed by atoms with van der Waals surface area (Å²) in [5.74, 6) is 0. The van der Waals surface area contributed by atoms with Gasteiger partial charge in [0.15, 0.2) is 0 Å². The standard InChI is InChI=1S/C16H20N2O/c1-13-9-17-16(15-5-3-2-4-6-15)11-18(13)10-14-7-8-19-12-14/h2-8,12-13,16-17H,9-11H2,1H3. The zero-order valence-electron chi connectivity index (χ0n) is 11.3. The van der Waals surface area contributed by atoms with Gasteiger partial charge in [-0.1, -0.05) is 30.3 Å². The molecule has 1 N–H and O–H groups in total. The minimum atomic E-state index is 0.421. The van der Waals surface area contributed by atoms with Gasteiger partial charge in [0, 0.05) is 37.3 Å². The largest absolute Gasteiger partial charge is 0.472 e. The molecule has 3 heteroatoms. The number of hydrogen-bond acceptors (Lipinski definition) is 3. The van der Waals surface area contributed by atoms with Crippen molar-refractivity contribution in [2.24, 2.45) is 0 Å². The molecule has 0 aliphatic carbocycles. The number of hydrogen-bond donors (Lipinski definition) is 1. The maximum atomic E-state index is 5.16. The van der Waals surface area contributed by atoms with Crippen LogP contribution in [0.2, 0.25) is 0 Å². The monoisotopic (exact) mass is 256 g/mol. The first kappa shape index (κ1) is 12.5. The van der Waals surface area contributed by atoms with E-state index < -0.39 is 0 Å². The molecule has 0 spiro atoms. The lowest BCUT2D eigenvalue weighted by Crippen LogP contribution is -2.50. The Morgan fingerprint density at radius 2 is 2.11 bits per heavy atom. The molecule has 0 radical (unpaired) electrons. The van der Waals surface area contributed by atoms with Gasteiger partial charge in [0.25, 0.3) is 0 Å². The maximum Gasteiger partial charge on any atom is 0.0947 e. The smallest absolute Gasteiger partial charge is 0.0947 e. The highest BCUT2D eigenvalue weighted by Gasteiger charge is 2.25. The summed E-state index contributed by atoms with van der Waals surface area (Å²) in [4.78, 5) is 2.51. The summed E-state index contributed by atoms with van der Waals surface area (Å²) in [7, 11) is 0. The average molecular weight is 256 g/mol. The topological polar surface area (TPSA) is 28.4 Å². The molecule has 19 heavy (non-hydrogen) atoms. The summed E-state index contributed by atoms with van der Waals surface area (Å²) in [6.45, 7) is 5.30. The van der Waals surface area contributed by atoms with Crippen LogP contribution in [0.15, 0.2) is 53.3 Å². The van der Waals surface area contributed by atoms with Crippen molar-refractivity contribution in [3.63, 3.8) is 0 Å². The Bertz CT molecular complexity index is 495. The third-order valence-electron chi connectivity index (χ3n) is 3.87. The van der Waals surface area contributed by atoms with Gasteiger partial charge in [0.1, 0.15) is 0 Å². The van der Waals surface area contributed by atoms with Crippen molar-refractivity contribution in [2.75, 3.05) is 13.1 Å². The number of rotatable bonds is 3. The van der Waals surface area contributed by atoms with Crippen molar-refractivity contribution in [1.82, 2.24) is 10.2 Å². The first-order chi connectivity index (χ1) is 9.33.